The molecule has 3 rings (SSSR count). The van der Waals surface area contributed by atoms with E-state index in [4.69, 9.17) is 25.8 Å². The van der Waals surface area contributed by atoms with Crippen LogP contribution in [0.5, 0.6) is 0 Å². The third kappa shape index (κ3) is 3.45. The zero-order valence-corrected chi connectivity index (χ0v) is 15.7. The summed E-state index contributed by atoms with van der Waals surface area (Å²) in [5.41, 5.74) is 3.04. The minimum atomic E-state index is -0.451. The molecule has 0 aromatic heterocycles. The van der Waals surface area contributed by atoms with Crippen molar-refractivity contribution < 1.29 is 14.2 Å². The fourth-order valence-electron chi connectivity index (χ4n) is 3.43. The highest BCUT2D eigenvalue weighted by Gasteiger charge is 2.53. The van der Waals surface area contributed by atoms with Gasteiger partial charge in [0, 0.05) is 29.1 Å². The smallest absolute Gasteiger partial charge is 0.170 e. The lowest BCUT2D eigenvalue weighted by Gasteiger charge is -2.32. The normalized spacial score (nSPS) is 49.5. The maximum atomic E-state index is 6.56. The maximum absolute atomic E-state index is 6.56. The molecule has 0 unspecified atom stereocenters. The molecule has 3 nitrogen and oxygen atoms in total. The Balaban J connectivity index is 1.86. The minimum Gasteiger partial charge on any atom is -0.369 e. The summed E-state index contributed by atoms with van der Waals surface area (Å²) in [4.78, 5) is 1.99. The van der Waals surface area contributed by atoms with Gasteiger partial charge in [0.05, 0.1) is 29.8 Å². The summed E-state index contributed by atoms with van der Waals surface area (Å²) in [5.74, 6) is -0.451. The molecule has 21 heavy (non-hydrogen) atoms. The maximum Gasteiger partial charge on any atom is 0.170 e. The molecular weight excluding hydrogens is 423 g/mol. The summed E-state index contributed by atoms with van der Waals surface area (Å²) in [6, 6.07) is 0. The Bertz CT molecular complexity index is 454. The second-order valence-electron chi connectivity index (χ2n) is 5.98. The molecule has 3 aliphatic rings. The molecule has 0 aliphatic carbocycles. The highest BCUT2D eigenvalue weighted by Crippen LogP contribution is 2.47. The summed E-state index contributed by atoms with van der Waals surface area (Å²) in [5, 5.41) is -0.164. The molecule has 3 heterocycles. The lowest BCUT2D eigenvalue weighted by molar-refractivity contribution is -0.227. The van der Waals surface area contributed by atoms with E-state index in [0.29, 0.717) is 0 Å². The number of halogens is 3. The number of rotatable bonds is 1. The van der Waals surface area contributed by atoms with E-state index in [-0.39, 0.29) is 34.6 Å². The van der Waals surface area contributed by atoms with Gasteiger partial charge in [0.2, 0.25) is 0 Å². The van der Waals surface area contributed by atoms with Crippen molar-refractivity contribution in [1.29, 1.82) is 0 Å². The molecule has 3 fully saturated rings. The van der Waals surface area contributed by atoms with Crippen molar-refractivity contribution in [2.24, 2.45) is 0 Å². The molecule has 7 atom stereocenters. The van der Waals surface area contributed by atoms with Gasteiger partial charge in [-0.1, -0.05) is 31.9 Å². The van der Waals surface area contributed by atoms with Gasteiger partial charge >= 0.3 is 0 Å². The molecule has 118 valence electrons. The first-order valence-electron chi connectivity index (χ1n) is 7.33. The van der Waals surface area contributed by atoms with Gasteiger partial charge in [-0.2, -0.15) is 0 Å². The topological polar surface area (TPSA) is 27.7 Å². The van der Waals surface area contributed by atoms with Crippen LogP contribution in [-0.4, -0.2) is 40.4 Å². The molecule has 0 radical (unpaired) electrons. The second kappa shape index (κ2) is 6.64. The van der Waals surface area contributed by atoms with E-state index in [1.165, 1.54) is 0 Å². The summed E-state index contributed by atoms with van der Waals surface area (Å²) in [6.45, 7) is 2.01. The van der Waals surface area contributed by atoms with Gasteiger partial charge in [0.25, 0.3) is 0 Å². The van der Waals surface area contributed by atoms with E-state index in [0.717, 1.165) is 25.7 Å². The third-order valence-electron chi connectivity index (χ3n) is 4.45. The summed E-state index contributed by atoms with van der Waals surface area (Å²) < 4.78 is 18.5. The SMILES string of the molecule is C[C@@H]1O[C@H](C=C=CBr)C[C@@H]2O[C@]3(CC[C@@H](O3)[C@H]1Cl)C[C@H]2Br. The zero-order valence-electron chi connectivity index (χ0n) is 11.8. The fourth-order valence-corrected chi connectivity index (χ4v) is 4.63. The standard InChI is InChI=1S/C15H19Br2ClO3/c1-9-14(18)12-4-5-15(20-12)8-11(17)13(21-15)7-10(19-9)3-2-6-16/h3,6,9-14H,4-5,7-8H2,1H3/t2?,9-,10+,11+,12+,13-,14-,15+/m0/s1. The van der Waals surface area contributed by atoms with Crippen molar-refractivity contribution in [1.82, 2.24) is 0 Å². The van der Waals surface area contributed by atoms with Crippen LogP contribution in [0, 0.1) is 0 Å². The van der Waals surface area contributed by atoms with Crippen LogP contribution in [0.1, 0.15) is 32.6 Å². The first-order chi connectivity index (χ1) is 10.0. The average molecular weight is 443 g/mol. The molecule has 3 saturated heterocycles. The van der Waals surface area contributed by atoms with Crippen LogP contribution in [0.4, 0.5) is 0 Å². The van der Waals surface area contributed by atoms with Gasteiger partial charge in [-0.15, -0.1) is 17.3 Å². The Morgan fingerprint density at radius 2 is 2.10 bits per heavy atom. The highest BCUT2D eigenvalue weighted by molar-refractivity contribution is 9.11. The van der Waals surface area contributed by atoms with Crippen molar-refractivity contribution in [3.8, 4) is 0 Å². The van der Waals surface area contributed by atoms with Gasteiger partial charge in [0.15, 0.2) is 5.79 Å². The number of ether oxygens (including phenoxy) is 3. The predicted octanol–water partition coefficient (Wildman–Crippen LogP) is 4.26. The van der Waals surface area contributed by atoms with Crippen molar-refractivity contribution >= 4 is 43.5 Å². The Labute approximate surface area is 147 Å². The van der Waals surface area contributed by atoms with Gasteiger partial charge < -0.3 is 14.2 Å². The summed E-state index contributed by atoms with van der Waals surface area (Å²) in [7, 11) is 0. The van der Waals surface area contributed by atoms with E-state index in [1.807, 2.05) is 13.0 Å². The second-order valence-corrected chi connectivity index (χ2v) is 8.12. The van der Waals surface area contributed by atoms with Crippen LogP contribution in [0.25, 0.3) is 0 Å². The largest absolute Gasteiger partial charge is 0.369 e. The van der Waals surface area contributed by atoms with Crippen LogP contribution in [-0.2, 0) is 14.2 Å². The number of hydrogen-bond acceptors (Lipinski definition) is 3. The lowest BCUT2D eigenvalue weighted by Crippen LogP contribution is -2.40. The highest BCUT2D eigenvalue weighted by atomic mass is 79.9. The van der Waals surface area contributed by atoms with Gasteiger partial charge in [-0.05, 0) is 19.4 Å². The zero-order chi connectivity index (χ0) is 15.0. The Hall–Kier alpha value is 0.650. The van der Waals surface area contributed by atoms with Crippen molar-refractivity contribution in [2.75, 3.05) is 0 Å². The van der Waals surface area contributed by atoms with Gasteiger partial charge in [-0.3, -0.25) is 0 Å². The van der Waals surface area contributed by atoms with E-state index in [2.05, 4.69) is 37.6 Å². The molecule has 0 aromatic carbocycles. The van der Waals surface area contributed by atoms with Crippen LogP contribution >= 0.6 is 43.5 Å². The molecule has 0 saturated carbocycles. The number of hydrogen-bond donors (Lipinski definition) is 0. The third-order valence-corrected chi connectivity index (χ3v) is 6.27. The molecule has 3 aliphatic heterocycles. The fraction of sp³-hybridized carbons (Fsp3) is 0.800. The van der Waals surface area contributed by atoms with Crippen molar-refractivity contribution in [3.05, 3.63) is 16.8 Å². The molecule has 6 heteroatoms. The first-order valence-corrected chi connectivity index (χ1v) is 9.60. The van der Waals surface area contributed by atoms with E-state index in [9.17, 15) is 0 Å². The Morgan fingerprint density at radius 3 is 2.86 bits per heavy atom. The van der Waals surface area contributed by atoms with Crippen molar-refractivity contribution in [3.63, 3.8) is 0 Å². The van der Waals surface area contributed by atoms with Crippen LogP contribution in [0.2, 0.25) is 0 Å². The molecule has 1 spiro atoms. The van der Waals surface area contributed by atoms with E-state index < -0.39 is 5.79 Å². The minimum absolute atomic E-state index is 0.00503. The van der Waals surface area contributed by atoms with Crippen molar-refractivity contribution in [2.45, 2.75) is 73.0 Å². The Kier molecular flexibility index (Phi) is 5.22. The van der Waals surface area contributed by atoms with Crippen LogP contribution in [0.3, 0.4) is 0 Å². The number of alkyl halides is 2. The number of fused-ring (bicyclic) bond motifs is 2. The van der Waals surface area contributed by atoms with Crippen LogP contribution < -0.4 is 0 Å². The molecular formula is C15H19Br2ClO3. The molecule has 0 N–H and O–H groups in total. The summed E-state index contributed by atoms with van der Waals surface area (Å²) >= 11 is 13.5. The predicted molar refractivity (Wildman–Crippen MR) is 89.2 cm³/mol. The Morgan fingerprint density at radius 1 is 1.33 bits per heavy atom. The summed E-state index contributed by atoms with van der Waals surface area (Å²) in [6.07, 6.45) is 5.35. The molecule has 3 bridgehead atoms. The first kappa shape index (κ1) is 16.5. The van der Waals surface area contributed by atoms with E-state index in [1.54, 1.807) is 4.99 Å². The van der Waals surface area contributed by atoms with Gasteiger partial charge in [0.1, 0.15) is 0 Å². The average Bonchev–Trinajstić information content (AvgIpc) is 2.98. The van der Waals surface area contributed by atoms with Gasteiger partial charge in [-0.25, -0.2) is 0 Å². The van der Waals surface area contributed by atoms with Crippen LogP contribution in [0.15, 0.2) is 16.8 Å². The van der Waals surface area contributed by atoms with E-state index >= 15 is 0 Å². The lowest BCUT2D eigenvalue weighted by atomic mass is 10.0. The monoisotopic (exact) mass is 440 g/mol. The quantitative estimate of drug-likeness (QED) is 0.449. The molecule has 0 aromatic rings. The molecule has 0 amide bonds.